The third kappa shape index (κ3) is 4.43. The summed E-state index contributed by atoms with van der Waals surface area (Å²) in [4.78, 5) is 0.157. The van der Waals surface area contributed by atoms with E-state index in [1.54, 1.807) is 12.1 Å². The fraction of sp³-hybridized carbons (Fsp3) is 0.455. The second kappa shape index (κ2) is 6.11. The standard InChI is InChI=1S/C11H18N2O3S/c1-9-2-4-11(5-3-9)17(14,15)16-7-6-10(13)8-12/h2-5,10H,6-8,12-13H2,1H3. The average molecular weight is 258 g/mol. The van der Waals surface area contributed by atoms with Gasteiger partial charge in [-0.05, 0) is 25.5 Å². The maximum atomic E-state index is 11.7. The minimum atomic E-state index is -3.68. The molecule has 0 spiro atoms. The van der Waals surface area contributed by atoms with Gasteiger partial charge in [0.25, 0.3) is 10.1 Å². The van der Waals surface area contributed by atoms with Crippen LogP contribution in [0, 0.1) is 6.92 Å². The van der Waals surface area contributed by atoms with Crippen LogP contribution in [0.1, 0.15) is 12.0 Å². The zero-order chi connectivity index (χ0) is 12.9. The van der Waals surface area contributed by atoms with E-state index in [4.69, 9.17) is 15.7 Å². The number of rotatable bonds is 6. The summed E-state index contributed by atoms with van der Waals surface area (Å²) in [6.45, 7) is 2.25. The molecule has 0 radical (unpaired) electrons. The molecule has 17 heavy (non-hydrogen) atoms. The quantitative estimate of drug-likeness (QED) is 0.719. The van der Waals surface area contributed by atoms with Gasteiger partial charge < -0.3 is 11.5 Å². The normalized spacial score (nSPS) is 13.6. The van der Waals surface area contributed by atoms with E-state index in [9.17, 15) is 8.42 Å². The number of nitrogens with two attached hydrogens (primary N) is 2. The van der Waals surface area contributed by atoms with Crippen molar-refractivity contribution in [1.29, 1.82) is 0 Å². The smallest absolute Gasteiger partial charge is 0.296 e. The van der Waals surface area contributed by atoms with Gasteiger partial charge in [-0.2, -0.15) is 8.42 Å². The first kappa shape index (κ1) is 14.1. The number of benzene rings is 1. The van der Waals surface area contributed by atoms with Crippen LogP contribution in [0.2, 0.25) is 0 Å². The first-order valence-electron chi connectivity index (χ1n) is 5.37. The molecule has 0 heterocycles. The predicted octanol–water partition coefficient (Wildman–Crippen LogP) is 0.376. The van der Waals surface area contributed by atoms with E-state index in [-0.39, 0.29) is 17.5 Å². The molecule has 5 nitrogen and oxygen atoms in total. The van der Waals surface area contributed by atoms with E-state index in [0.717, 1.165) is 5.56 Å². The molecule has 0 aromatic heterocycles. The Labute approximate surface area is 102 Å². The summed E-state index contributed by atoms with van der Waals surface area (Å²) in [5, 5.41) is 0. The number of aryl methyl sites for hydroxylation is 1. The van der Waals surface area contributed by atoms with Crippen molar-refractivity contribution in [3.8, 4) is 0 Å². The van der Waals surface area contributed by atoms with E-state index in [1.165, 1.54) is 12.1 Å². The highest BCUT2D eigenvalue weighted by Crippen LogP contribution is 2.13. The van der Waals surface area contributed by atoms with Gasteiger partial charge in [-0.15, -0.1) is 0 Å². The Bertz CT molecular complexity index is 442. The maximum absolute atomic E-state index is 11.7. The molecule has 0 aliphatic rings. The number of hydrogen-bond acceptors (Lipinski definition) is 5. The van der Waals surface area contributed by atoms with Crippen molar-refractivity contribution in [1.82, 2.24) is 0 Å². The highest BCUT2D eigenvalue weighted by molar-refractivity contribution is 7.86. The molecule has 1 atom stereocenters. The lowest BCUT2D eigenvalue weighted by molar-refractivity contribution is 0.301. The molecule has 0 aliphatic heterocycles. The van der Waals surface area contributed by atoms with Crippen LogP contribution < -0.4 is 11.5 Å². The molecule has 0 bridgehead atoms. The zero-order valence-corrected chi connectivity index (χ0v) is 10.6. The molecule has 0 fully saturated rings. The topological polar surface area (TPSA) is 95.4 Å². The number of hydrogen-bond donors (Lipinski definition) is 2. The predicted molar refractivity (Wildman–Crippen MR) is 66.0 cm³/mol. The molecule has 6 heteroatoms. The Balaban J connectivity index is 2.60. The van der Waals surface area contributed by atoms with Crippen molar-refractivity contribution < 1.29 is 12.6 Å². The molecular formula is C11H18N2O3S. The van der Waals surface area contributed by atoms with Crippen LogP contribution in [0.4, 0.5) is 0 Å². The highest BCUT2D eigenvalue weighted by atomic mass is 32.2. The lowest BCUT2D eigenvalue weighted by Crippen LogP contribution is -2.31. The average Bonchev–Trinajstić information content (AvgIpc) is 2.29. The Morgan fingerprint density at radius 2 is 1.88 bits per heavy atom. The zero-order valence-electron chi connectivity index (χ0n) is 9.80. The minimum absolute atomic E-state index is 0.0502. The van der Waals surface area contributed by atoms with Crippen molar-refractivity contribution in [2.24, 2.45) is 11.5 Å². The van der Waals surface area contributed by atoms with Crippen molar-refractivity contribution in [2.75, 3.05) is 13.2 Å². The summed E-state index contributed by atoms with van der Waals surface area (Å²) >= 11 is 0. The summed E-state index contributed by atoms with van der Waals surface area (Å²) in [5.41, 5.74) is 11.9. The largest absolute Gasteiger partial charge is 0.329 e. The van der Waals surface area contributed by atoms with Gasteiger partial charge in [0.15, 0.2) is 0 Å². The van der Waals surface area contributed by atoms with Gasteiger partial charge in [-0.1, -0.05) is 17.7 Å². The van der Waals surface area contributed by atoms with Crippen molar-refractivity contribution >= 4 is 10.1 Å². The van der Waals surface area contributed by atoms with Gasteiger partial charge in [0.2, 0.25) is 0 Å². The third-order valence-electron chi connectivity index (χ3n) is 2.34. The molecule has 0 saturated heterocycles. The molecule has 96 valence electrons. The van der Waals surface area contributed by atoms with Crippen LogP contribution in [-0.2, 0) is 14.3 Å². The second-order valence-electron chi connectivity index (χ2n) is 3.87. The van der Waals surface area contributed by atoms with E-state index < -0.39 is 10.1 Å². The summed E-state index contributed by atoms with van der Waals surface area (Å²) in [6.07, 6.45) is 0.418. The van der Waals surface area contributed by atoms with Gasteiger partial charge in [-0.25, -0.2) is 0 Å². The van der Waals surface area contributed by atoms with Gasteiger partial charge in [0.1, 0.15) is 0 Å². The summed E-state index contributed by atoms with van der Waals surface area (Å²) in [6, 6.07) is 6.26. The molecule has 0 saturated carbocycles. The van der Waals surface area contributed by atoms with Crippen LogP contribution in [0.25, 0.3) is 0 Å². The monoisotopic (exact) mass is 258 g/mol. The Hall–Kier alpha value is -0.950. The van der Waals surface area contributed by atoms with E-state index in [1.807, 2.05) is 6.92 Å². The van der Waals surface area contributed by atoms with Crippen LogP contribution in [0.15, 0.2) is 29.2 Å². The molecule has 0 amide bonds. The second-order valence-corrected chi connectivity index (χ2v) is 5.49. The van der Waals surface area contributed by atoms with Gasteiger partial charge in [0, 0.05) is 12.6 Å². The molecule has 0 aliphatic carbocycles. The first-order valence-corrected chi connectivity index (χ1v) is 6.78. The Morgan fingerprint density at radius 3 is 2.41 bits per heavy atom. The van der Waals surface area contributed by atoms with E-state index >= 15 is 0 Å². The maximum Gasteiger partial charge on any atom is 0.296 e. The minimum Gasteiger partial charge on any atom is -0.329 e. The van der Waals surface area contributed by atoms with Gasteiger partial charge in [0.05, 0.1) is 11.5 Å². The summed E-state index contributed by atoms with van der Waals surface area (Å²) in [5.74, 6) is 0. The van der Waals surface area contributed by atoms with Crippen molar-refractivity contribution in [3.05, 3.63) is 29.8 Å². The van der Waals surface area contributed by atoms with Crippen molar-refractivity contribution in [2.45, 2.75) is 24.3 Å². The Morgan fingerprint density at radius 1 is 1.29 bits per heavy atom. The Kier molecular flexibility index (Phi) is 5.07. The van der Waals surface area contributed by atoms with E-state index in [0.29, 0.717) is 13.0 Å². The van der Waals surface area contributed by atoms with Crippen LogP contribution >= 0.6 is 0 Å². The molecule has 1 unspecified atom stereocenters. The van der Waals surface area contributed by atoms with Crippen LogP contribution in [-0.4, -0.2) is 27.6 Å². The summed E-state index contributed by atoms with van der Waals surface area (Å²) < 4.78 is 28.3. The van der Waals surface area contributed by atoms with Crippen LogP contribution in [0.5, 0.6) is 0 Å². The molecular weight excluding hydrogens is 240 g/mol. The van der Waals surface area contributed by atoms with E-state index in [2.05, 4.69) is 0 Å². The molecule has 4 N–H and O–H groups in total. The molecule has 1 aromatic carbocycles. The highest BCUT2D eigenvalue weighted by Gasteiger charge is 2.14. The lowest BCUT2D eigenvalue weighted by atomic mass is 10.2. The lowest BCUT2D eigenvalue weighted by Gasteiger charge is -2.09. The fourth-order valence-electron chi connectivity index (χ4n) is 1.20. The van der Waals surface area contributed by atoms with Gasteiger partial charge in [-0.3, -0.25) is 4.18 Å². The van der Waals surface area contributed by atoms with Gasteiger partial charge >= 0.3 is 0 Å². The van der Waals surface area contributed by atoms with Crippen LogP contribution in [0.3, 0.4) is 0 Å². The van der Waals surface area contributed by atoms with Crippen molar-refractivity contribution in [3.63, 3.8) is 0 Å². The molecule has 1 rings (SSSR count). The SMILES string of the molecule is Cc1ccc(S(=O)(=O)OCCC(N)CN)cc1. The molecule has 1 aromatic rings. The first-order chi connectivity index (χ1) is 7.95. The third-order valence-corrected chi connectivity index (χ3v) is 3.67. The fourth-order valence-corrected chi connectivity index (χ4v) is 2.12. The summed E-state index contributed by atoms with van der Waals surface area (Å²) in [7, 11) is -3.68.